The van der Waals surface area contributed by atoms with E-state index in [2.05, 4.69) is 20.6 Å². The largest absolute Gasteiger partial charge is 0.491 e. The third kappa shape index (κ3) is 9.10. The summed E-state index contributed by atoms with van der Waals surface area (Å²) < 4.78 is 24.6. The molecule has 2 aromatic carbocycles. The molecule has 12 heteroatoms. The second-order valence-electron chi connectivity index (χ2n) is 9.57. The third-order valence-electron chi connectivity index (χ3n) is 6.33. The second-order valence-corrected chi connectivity index (χ2v) is 9.97. The minimum absolute atomic E-state index is 0.0256. The Morgan fingerprint density at radius 1 is 1.22 bits per heavy atom. The number of hydrogen-bond donors (Lipinski definition) is 3. The summed E-state index contributed by atoms with van der Waals surface area (Å²) in [5.74, 6) is 0.195. The lowest BCUT2D eigenvalue weighted by Crippen LogP contribution is -2.30. The number of aliphatic hydroxyl groups is 1. The number of aliphatic hydroxyl groups excluding tert-OH is 1. The number of rotatable bonds is 15. The molecule has 1 aromatic heterocycles. The number of carbonyl (C=O) groups is 2. The van der Waals surface area contributed by atoms with Crippen molar-refractivity contribution in [3.63, 3.8) is 0 Å². The van der Waals surface area contributed by atoms with Crippen molar-refractivity contribution in [1.82, 2.24) is 14.9 Å². The predicted molar refractivity (Wildman–Crippen MR) is 155 cm³/mol. The summed E-state index contributed by atoms with van der Waals surface area (Å²) in [5, 5.41) is 15.9. The van der Waals surface area contributed by atoms with Crippen molar-refractivity contribution < 1.29 is 28.6 Å². The Morgan fingerprint density at radius 2 is 2.05 bits per heavy atom. The Kier molecular flexibility index (Phi) is 10.8. The Balaban J connectivity index is 1.51. The van der Waals surface area contributed by atoms with Crippen molar-refractivity contribution in [2.45, 2.75) is 26.2 Å². The molecule has 0 atom stereocenters. The molecular formula is C29H33ClFN5O5. The zero-order chi connectivity index (χ0) is 29.2. The molecule has 1 fully saturated rings. The first-order valence-corrected chi connectivity index (χ1v) is 13.8. The van der Waals surface area contributed by atoms with Gasteiger partial charge in [-0.3, -0.25) is 14.5 Å². The molecule has 0 aliphatic heterocycles. The number of hydrogen-bond acceptors (Lipinski definition) is 9. The number of aromatic nitrogens is 2. The third-order valence-corrected chi connectivity index (χ3v) is 6.62. The van der Waals surface area contributed by atoms with Crippen molar-refractivity contribution in [3.05, 3.63) is 59.7 Å². The van der Waals surface area contributed by atoms with Gasteiger partial charge in [-0.2, -0.15) is 0 Å². The number of fused-ring (bicyclic) bond motifs is 1. The van der Waals surface area contributed by atoms with Gasteiger partial charge in [-0.25, -0.2) is 14.4 Å². The van der Waals surface area contributed by atoms with Gasteiger partial charge >= 0.3 is 5.97 Å². The minimum Gasteiger partial charge on any atom is -0.491 e. The van der Waals surface area contributed by atoms with Crippen LogP contribution >= 0.6 is 11.6 Å². The van der Waals surface area contributed by atoms with Crippen LogP contribution < -0.4 is 15.4 Å². The maximum Gasteiger partial charge on any atom is 0.307 e. The van der Waals surface area contributed by atoms with Crippen LogP contribution in [0.4, 0.5) is 21.6 Å². The van der Waals surface area contributed by atoms with Crippen molar-refractivity contribution in [3.8, 4) is 5.75 Å². The Hall–Kier alpha value is -3.80. The van der Waals surface area contributed by atoms with Gasteiger partial charge in [-0.1, -0.05) is 17.7 Å². The van der Waals surface area contributed by atoms with Crippen LogP contribution in [0, 0.1) is 11.7 Å². The molecule has 218 valence electrons. The van der Waals surface area contributed by atoms with Crippen LogP contribution in [0.15, 0.2) is 48.8 Å². The van der Waals surface area contributed by atoms with Gasteiger partial charge in [0.15, 0.2) is 0 Å². The number of ether oxygens (including phenoxy) is 2. The van der Waals surface area contributed by atoms with E-state index in [1.165, 1.54) is 24.5 Å². The van der Waals surface area contributed by atoms with E-state index in [1.54, 1.807) is 31.2 Å². The van der Waals surface area contributed by atoms with E-state index >= 15 is 0 Å². The molecule has 0 unspecified atom stereocenters. The second kappa shape index (κ2) is 14.7. The lowest BCUT2D eigenvalue weighted by atomic mass is 10.1. The van der Waals surface area contributed by atoms with Gasteiger partial charge in [0.1, 0.15) is 23.7 Å². The highest BCUT2D eigenvalue weighted by atomic mass is 35.5. The molecule has 10 nitrogen and oxygen atoms in total. The van der Waals surface area contributed by atoms with Gasteiger partial charge in [0.25, 0.3) is 0 Å². The first-order valence-electron chi connectivity index (χ1n) is 13.5. The zero-order valence-corrected chi connectivity index (χ0v) is 23.5. The highest BCUT2D eigenvalue weighted by molar-refractivity contribution is 6.31. The van der Waals surface area contributed by atoms with Crippen molar-refractivity contribution in [2.24, 2.45) is 5.92 Å². The Labute approximate surface area is 242 Å². The van der Waals surface area contributed by atoms with Crippen LogP contribution in [0.5, 0.6) is 5.75 Å². The summed E-state index contributed by atoms with van der Waals surface area (Å²) in [6, 6.07) is 7.74. The number of amides is 1. The van der Waals surface area contributed by atoms with Crippen molar-refractivity contribution in [2.75, 3.05) is 50.1 Å². The highest BCUT2D eigenvalue weighted by Gasteiger charge is 2.23. The van der Waals surface area contributed by atoms with Gasteiger partial charge in [0.05, 0.1) is 42.5 Å². The summed E-state index contributed by atoms with van der Waals surface area (Å²) in [4.78, 5) is 35.1. The Bertz CT molecular complexity index is 1400. The molecule has 1 saturated carbocycles. The minimum atomic E-state index is -0.529. The highest BCUT2D eigenvalue weighted by Crippen LogP contribution is 2.36. The first kappa shape index (κ1) is 30.2. The van der Waals surface area contributed by atoms with E-state index in [4.69, 9.17) is 21.1 Å². The summed E-state index contributed by atoms with van der Waals surface area (Å²) in [6.07, 6.45) is 6.86. The summed E-state index contributed by atoms with van der Waals surface area (Å²) in [7, 11) is 0. The van der Waals surface area contributed by atoms with E-state index in [0.717, 1.165) is 12.8 Å². The van der Waals surface area contributed by atoms with E-state index in [9.17, 15) is 19.1 Å². The smallest absolute Gasteiger partial charge is 0.307 e. The number of nitrogens with one attached hydrogen (secondary N) is 2. The van der Waals surface area contributed by atoms with Crippen LogP contribution in [-0.2, 0) is 14.3 Å². The fourth-order valence-electron chi connectivity index (χ4n) is 4.00. The van der Waals surface area contributed by atoms with E-state index in [0.29, 0.717) is 72.6 Å². The van der Waals surface area contributed by atoms with E-state index in [1.807, 2.05) is 4.90 Å². The summed E-state index contributed by atoms with van der Waals surface area (Å²) in [5.41, 5.74) is 1.57. The molecule has 1 amide bonds. The van der Waals surface area contributed by atoms with Crippen LogP contribution in [0.3, 0.4) is 0 Å². The van der Waals surface area contributed by atoms with Gasteiger partial charge in [-0.05, 0) is 49.9 Å². The predicted octanol–water partition coefficient (Wildman–Crippen LogP) is 4.70. The topological polar surface area (TPSA) is 126 Å². The molecule has 0 radical (unpaired) electrons. The Morgan fingerprint density at radius 3 is 2.78 bits per heavy atom. The quantitative estimate of drug-likeness (QED) is 0.172. The lowest BCUT2D eigenvalue weighted by molar-refractivity contribution is -0.143. The number of nitrogens with zero attached hydrogens (tertiary/aromatic N) is 3. The number of benzene rings is 2. The van der Waals surface area contributed by atoms with Gasteiger partial charge < -0.3 is 25.2 Å². The molecule has 4 rings (SSSR count). The fraction of sp³-hybridized carbons (Fsp3) is 0.379. The molecule has 1 aliphatic rings. The summed E-state index contributed by atoms with van der Waals surface area (Å²) >= 11 is 5.94. The van der Waals surface area contributed by atoms with Gasteiger partial charge in [0, 0.05) is 42.9 Å². The molecule has 0 saturated heterocycles. The van der Waals surface area contributed by atoms with E-state index < -0.39 is 5.82 Å². The monoisotopic (exact) mass is 585 g/mol. The molecule has 3 aromatic rings. The molecule has 41 heavy (non-hydrogen) atoms. The summed E-state index contributed by atoms with van der Waals surface area (Å²) in [6.45, 7) is 3.61. The fourth-order valence-corrected chi connectivity index (χ4v) is 4.19. The standard InChI is InChI=1S/C29H33ClFN5O5/c1-2-40-28(39)9-11-36(12-13-37)10-3-4-27(38)35-25-15-21-24(16-26(25)41-17-19-5-6-19)32-18-33-29(21)34-20-7-8-23(31)22(30)14-20/h3-4,7-8,14-16,18-19,37H,2,5-6,9-13,17H2,1H3,(H,35,38)(H,32,33,34). The zero-order valence-electron chi connectivity index (χ0n) is 22.7. The van der Waals surface area contributed by atoms with Crippen molar-refractivity contribution in [1.29, 1.82) is 0 Å². The van der Waals surface area contributed by atoms with Crippen LogP contribution in [0.1, 0.15) is 26.2 Å². The van der Waals surface area contributed by atoms with Crippen molar-refractivity contribution >= 4 is 51.6 Å². The molecular weight excluding hydrogens is 553 g/mol. The van der Waals surface area contributed by atoms with E-state index in [-0.39, 0.29) is 29.9 Å². The van der Waals surface area contributed by atoms with Gasteiger partial charge in [0.2, 0.25) is 5.91 Å². The number of esters is 1. The molecule has 1 aliphatic carbocycles. The normalized spacial score (nSPS) is 13.1. The van der Waals surface area contributed by atoms with Crippen LogP contribution in [0.25, 0.3) is 10.9 Å². The molecule has 0 bridgehead atoms. The maximum absolute atomic E-state index is 13.6. The maximum atomic E-state index is 13.6. The molecule has 3 N–H and O–H groups in total. The average molecular weight is 586 g/mol. The SMILES string of the molecule is CCOC(=O)CCN(CC=CC(=O)Nc1cc2c(Nc3ccc(F)c(Cl)c3)ncnc2cc1OCC1CC1)CCO. The van der Waals surface area contributed by atoms with Crippen LogP contribution in [-0.4, -0.2) is 71.3 Å². The average Bonchev–Trinajstić information content (AvgIpc) is 3.78. The number of carbonyl (C=O) groups excluding carboxylic acids is 2. The first-order chi connectivity index (χ1) is 19.9. The number of anilines is 3. The van der Waals surface area contributed by atoms with Crippen LogP contribution in [0.2, 0.25) is 5.02 Å². The number of halogens is 2. The molecule has 0 spiro atoms. The lowest BCUT2D eigenvalue weighted by Gasteiger charge is -2.18. The molecule has 1 heterocycles. The van der Waals surface area contributed by atoms with Gasteiger partial charge in [-0.15, -0.1) is 0 Å².